The van der Waals surface area contributed by atoms with Gasteiger partial charge in [0.1, 0.15) is 5.54 Å². The fourth-order valence-electron chi connectivity index (χ4n) is 3.08. The van der Waals surface area contributed by atoms with E-state index in [1.165, 1.54) is 25.3 Å². The van der Waals surface area contributed by atoms with Crippen molar-refractivity contribution in [2.24, 2.45) is 0 Å². The number of aromatic nitrogens is 1. The van der Waals surface area contributed by atoms with E-state index in [1.807, 2.05) is 0 Å². The van der Waals surface area contributed by atoms with E-state index in [0.29, 0.717) is 10.00 Å². The van der Waals surface area contributed by atoms with Crippen molar-refractivity contribution in [1.29, 1.82) is 0 Å². The van der Waals surface area contributed by atoms with Crippen molar-refractivity contribution < 1.29 is 39.9 Å². The number of nitrogens with zero attached hydrogens (tertiary/aromatic N) is 2. The van der Waals surface area contributed by atoms with Gasteiger partial charge in [0, 0.05) is 18.4 Å². The van der Waals surface area contributed by atoms with Crippen molar-refractivity contribution >= 4 is 16.0 Å². The molecular formula is C19H17F5N2O4S. The van der Waals surface area contributed by atoms with E-state index in [2.05, 4.69) is 4.98 Å². The van der Waals surface area contributed by atoms with Crippen LogP contribution < -0.4 is 0 Å². The van der Waals surface area contributed by atoms with Gasteiger partial charge in [-0.15, -0.1) is 0 Å². The minimum atomic E-state index is -5.38. The lowest BCUT2D eigenvalue weighted by molar-refractivity contribution is -0.149. The van der Waals surface area contributed by atoms with Crippen molar-refractivity contribution in [3.05, 3.63) is 58.7 Å². The topological polar surface area (TPSA) is 76.6 Å². The molecule has 0 bridgehead atoms. The Hall–Kier alpha value is -2.60. The van der Waals surface area contributed by atoms with Gasteiger partial charge in [0.15, 0.2) is 28.2 Å². The molecule has 1 aliphatic carbocycles. The number of hydrogen-bond donors (Lipinski definition) is 0. The normalized spacial score (nSPS) is 15.2. The highest BCUT2D eigenvalue weighted by atomic mass is 32.2. The lowest BCUT2D eigenvalue weighted by atomic mass is 10.2. The Morgan fingerprint density at radius 1 is 1.06 bits per heavy atom. The summed E-state index contributed by atoms with van der Waals surface area (Å²) < 4.78 is 101. The first-order valence-corrected chi connectivity index (χ1v) is 10.5. The number of ether oxygens (including phenoxy) is 1. The molecule has 0 amide bonds. The van der Waals surface area contributed by atoms with Crippen molar-refractivity contribution in [1.82, 2.24) is 9.29 Å². The standard InChI is InChI=1S/C19H17F5N2O4S/c1-3-30-18(27)19(6-7-19)26(9-11-5-4-10(2)25-8-11)31(28,29)17-15(23)13(21)12(20)14(22)16(17)24/h4-5,8H,3,6-7,9H2,1-2H3. The first-order chi connectivity index (χ1) is 14.5. The lowest BCUT2D eigenvalue weighted by Crippen LogP contribution is -2.48. The van der Waals surface area contributed by atoms with Gasteiger partial charge >= 0.3 is 5.97 Å². The number of benzene rings is 1. The van der Waals surface area contributed by atoms with Crippen LogP contribution in [0.2, 0.25) is 0 Å². The summed E-state index contributed by atoms with van der Waals surface area (Å²) in [5, 5.41) is 0. The number of hydrogen-bond acceptors (Lipinski definition) is 5. The molecule has 0 saturated heterocycles. The minimum absolute atomic E-state index is 0.0558. The molecule has 0 radical (unpaired) electrons. The highest BCUT2D eigenvalue weighted by Gasteiger charge is 2.61. The Kier molecular flexibility index (Phi) is 6.07. The fraction of sp³-hybridized carbons (Fsp3) is 0.368. The van der Waals surface area contributed by atoms with E-state index in [0.717, 1.165) is 0 Å². The zero-order chi connectivity index (χ0) is 23.1. The highest BCUT2D eigenvalue weighted by molar-refractivity contribution is 7.89. The molecule has 12 heteroatoms. The predicted molar refractivity (Wildman–Crippen MR) is 96.5 cm³/mol. The summed E-state index contributed by atoms with van der Waals surface area (Å²) in [6.07, 6.45) is 1.16. The number of aryl methyl sites for hydroxylation is 1. The highest BCUT2D eigenvalue weighted by Crippen LogP contribution is 2.47. The molecule has 1 aromatic heterocycles. The Bertz CT molecular complexity index is 1110. The number of carbonyl (C=O) groups is 1. The van der Waals surface area contributed by atoms with Crippen LogP contribution in [0.4, 0.5) is 22.0 Å². The number of halogens is 5. The maximum Gasteiger partial charge on any atom is 0.327 e. The number of carbonyl (C=O) groups excluding carboxylic acids is 1. The van der Waals surface area contributed by atoms with E-state index in [1.54, 1.807) is 6.92 Å². The maximum atomic E-state index is 14.4. The molecule has 2 aromatic rings. The van der Waals surface area contributed by atoms with Crippen LogP contribution >= 0.6 is 0 Å². The summed E-state index contributed by atoms with van der Waals surface area (Å²) in [4.78, 5) is 14.5. The second kappa shape index (κ2) is 8.15. The molecule has 0 atom stereocenters. The first kappa shape index (κ1) is 23.1. The average molecular weight is 464 g/mol. The van der Waals surface area contributed by atoms with Gasteiger partial charge in [-0.05, 0) is 38.3 Å². The first-order valence-electron chi connectivity index (χ1n) is 9.10. The summed E-state index contributed by atoms with van der Waals surface area (Å²) in [6.45, 7) is 2.42. The van der Waals surface area contributed by atoms with Crippen molar-refractivity contribution in [2.75, 3.05) is 6.61 Å². The molecule has 3 rings (SSSR count). The Labute approximate surface area is 174 Å². The zero-order valence-electron chi connectivity index (χ0n) is 16.4. The van der Waals surface area contributed by atoms with E-state index in [4.69, 9.17) is 4.74 Å². The molecule has 0 N–H and O–H groups in total. The molecule has 1 aliphatic rings. The van der Waals surface area contributed by atoms with Crippen molar-refractivity contribution in [3.63, 3.8) is 0 Å². The molecule has 0 spiro atoms. The van der Waals surface area contributed by atoms with Gasteiger partial charge in [0.2, 0.25) is 5.82 Å². The molecule has 1 aromatic carbocycles. The monoisotopic (exact) mass is 464 g/mol. The third-order valence-corrected chi connectivity index (χ3v) is 6.81. The molecule has 31 heavy (non-hydrogen) atoms. The Balaban J connectivity index is 2.20. The summed E-state index contributed by atoms with van der Waals surface area (Å²) in [5.74, 6) is -13.3. The van der Waals surface area contributed by atoms with Gasteiger partial charge in [0.05, 0.1) is 6.61 Å². The molecular weight excluding hydrogens is 447 g/mol. The maximum absolute atomic E-state index is 14.4. The van der Waals surface area contributed by atoms with Gasteiger partial charge in [-0.1, -0.05) is 6.07 Å². The summed E-state index contributed by atoms with van der Waals surface area (Å²) in [7, 11) is -5.38. The van der Waals surface area contributed by atoms with Crippen LogP contribution in [-0.4, -0.2) is 35.8 Å². The molecule has 168 valence electrons. The molecule has 1 fully saturated rings. The van der Waals surface area contributed by atoms with Crippen LogP contribution in [0.5, 0.6) is 0 Å². The van der Waals surface area contributed by atoms with E-state index in [9.17, 15) is 35.2 Å². The molecule has 0 aliphatic heterocycles. The minimum Gasteiger partial charge on any atom is -0.465 e. The van der Waals surface area contributed by atoms with Crippen molar-refractivity contribution in [2.45, 2.75) is 43.7 Å². The van der Waals surface area contributed by atoms with Crippen LogP contribution in [0.25, 0.3) is 0 Å². The van der Waals surface area contributed by atoms with Crippen LogP contribution in [-0.2, 0) is 26.1 Å². The van der Waals surface area contributed by atoms with Gasteiger partial charge in [-0.3, -0.25) is 9.78 Å². The summed E-state index contributed by atoms with van der Waals surface area (Å²) in [6, 6.07) is 2.99. The third kappa shape index (κ3) is 3.89. The van der Waals surface area contributed by atoms with Crippen LogP contribution in [0.15, 0.2) is 23.2 Å². The SMILES string of the molecule is CCOC(=O)C1(N(Cc2ccc(C)nc2)S(=O)(=O)c2c(F)c(F)c(F)c(F)c2F)CC1. The average Bonchev–Trinajstić information content (AvgIpc) is 3.52. The lowest BCUT2D eigenvalue weighted by Gasteiger charge is -2.29. The van der Waals surface area contributed by atoms with Gasteiger partial charge in [0.25, 0.3) is 10.0 Å². The van der Waals surface area contributed by atoms with E-state index in [-0.39, 0.29) is 25.0 Å². The number of rotatable bonds is 7. The van der Waals surface area contributed by atoms with Crippen LogP contribution in [0.3, 0.4) is 0 Å². The van der Waals surface area contributed by atoms with Crippen molar-refractivity contribution in [3.8, 4) is 0 Å². The van der Waals surface area contributed by atoms with E-state index < -0.39 is 62.1 Å². The fourth-order valence-corrected chi connectivity index (χ4v) is 4.97. The summed E-state index contributed by atoms with van der Waals surface area (Å²) >= 11 is 0. The largest absolute Gasteiger partial charge is 0.465 e. The third-order valence-electron chi connectivity index (χ3n) is 4.87. The summed E-state index contributed by atoms with van der Waals surface area (Å²) in [5.41, 5.74) is -1.02. The molecule has 1 heterocycles. The molecule has 6 nitrogen and oxygen atoms in total. The number of pyridine rings is 1. The van der Waals surface area contributed by atoms with E-state index >= 15 is 0 Å². The van der Waals surface area contributed by atoms with Crippen LogP contribution in [0, 0.1) is 36.0 Å². The number of esters is 1. The second-order valence-electron chi connectivity index (χ2n) is 6.97. The Morgan fingerprint density at radius 2 is 1.61 bits per heavy atom. The molecule has 0 unspecified atom stereocenters. The Morgan fingerprint density at radius 3 is 2.06 bits per heavy atom. The van der Waals surface area contributed by atoms with Crippen LogP contribution in [0.1, 0.15) is 31.0 Å². The smallest absolute Gasteiger partial charge is 0.327 e. The quantitative estimate of drug-likeness (QED) is 0.272. The second-order valence-corrected chi connectivity index (χ2v) is 8.77. The molecule has 1 saturated carbocycles. The zero-order valence-corrected chi connectivity index (χ0v) is 17.2. The van der Waals surface area contributed by atoms with Gasteiger partial charge in [-0.25, -0.2) is 30.4 Å². The van der Waals surface area contributed by atoms with Gasteiger partial charge < -0.3 is 4.74 Å². The van der Waals surface area contributed by atoms with Gasteiger partial charge in [-0.2, -0.15) is 4.31 Å². The number of sulfonamides is 1. The predicted octanol–water partition coefficient (Wildman–Crippen LogP) is 3.37.